The summed E-state index contributed by atoms with van der Waals surface area (Å²) in [7, 11) is 0. The molecule has 0 aliphatic carbocycles. The van der Waals surface area contributed by atoms with E-state index >= 15 is 0 Å². The largest absolute Gasteiger partial charge is 0.453 e. The minimum Gasteiger partial charge on any atom is -0.453 e. The van der Waals surface area contributed by atoms with Crippen molar-refractivity contribution in [3.05, 3.63) is 158 Å². The summed E-state index contributed by atoms with van der Waals surface area (Å²) in [5.41, 5.74) is 9.17. The fraction of sp³-hybridized carbons (Fsp3) is 0. The molecule has 9 rings (SSSR count). The number of rotatable bonds is 4. The third kappa shape index (κ3) is 3.62. The summed E-state index contributed by atoms with van der Waals surface area (Å²) in [5.74, 6) is 1.77. The Morgan fingerprint density at radius 2 is 1.12 bits per heavy atom. The van der Waals surface area contributed by atoms with Gasteiger partial charge in [-0.1, -0.05) is 103 Å². The first-order chi connectivity index (χ1) is 21.3. The van der Waals surface area contributed by atoms with Crippen LogP contribution in [0.15, 0.2) is 158 Å². The average Bonchev–Trinajstić information content (AvgIpc) is 3.41. The Morgan fingerprint density at radius 1 is 0.465 bits per heavy atom. The molecule has 0 spiro atoms. The summed E-state index contributed by atoms with van der Waals surface area (Å²) in [6.45, 7) is 0. The van der Waals surface area contributed by atoms with E-state index in [2.05, 4.69) is 155 Å². The molecular formula is C40H26N2O. The van der Waals surface area contributed by atoms with E-state index in [1.807, 2.05) is 12.1 Å². The second-order valence-corrected chi connectivity index (χ2v) is 11.0. The van der Waals surface area contributed by atoms with E-state index in [0.29, 0.717) is 0 Å². The normalized spacial score (nSPS) is 11.9. The number of ether oxygens (including phenoxy) is 1. The molecule has 1 aliphatic heterocycles. The molecule has 3 nitrogen and oxygen atoms in total. The number of anilines is 3. The number of aromatic nitrogens is 1. The first-order valence-corrected chi connectivity index (χ1v) is 14.6. The summed E-state index contributed by atoms with van der Waals surface area (Å²) in [6, 6.07) is 56.0. The average molecular weight is 551 g/mol. The number of hydrogen-bond acceptors (Lipinski definition) is 2. The van der Waals surface area contributed by atoms with Crippen LogP contribution in [-0.2, 0) is 0 Å². The highest BCUT2D eigenvalue weighted by molar-refractivity contribution is 6.14. The van der Waals surface area contributed by atoms with Gasteiger partial charge in [0, 0.05) is 27.5 Å². The predicted octanol–water partition coefficient (Wildman–Crippen LogP) is 11.2. The van der Waals surface area contributed by atoms with Crippen LogP contribution in [0.3, 0.4) is 0 Å². The van der Waals surface area contributed by atoms with E-state index in [0.717, 1.165) is 39.8 Å². The van der Waals surface area contributed by atoms with E-state index in [-0.39, 0.29) is 0 Å². The molecule has 1 aromatic heterocycles. The molecule has 0 atom stereocenters. The summed E-state index contributed by atoms with van der Waals surface area (Å²) in [6.07, 6.45) is 0. The standard InChI is InChI=1S/C40H26N2O/c1-3-12-28(13-4-1)41(29-14-5-2-6-15-29)35-25-24-30(31-16-7-8-17-32(31)35)27-22-23-33-34-18-11-21-39-40(34)42(37(33)26-27)36-19-9-10-20-38(36)43-39/h1-26H. The van der Waals surface area contributed by atoms with Crippen LogP contribution in [0.4, 0.5) is 17.1 Å². The molecule has 0 saturated heterocycles. The third-order valence-corrected chi connectivity index (χ3v) is 8.56. The van der Waals surface area contributed by atoms with Crippen LogP contribution in [0.25, 0.3) is 49.4 Å². The van der Waals surface area contributed by atoms with Crippen molar-refractivity contribution in [2.45, 2.75) is 0 Å². The SMILES string of the molecule is c1ccc(N(c2ccccc2)c2ccc(-c3ccc4c5cccc6c5n(c4c3)-c3ccccc3O6)c3ccccc23)cc1. The Labute approximate surface area is 249 Å². The van der Waals surface area contributed by atoms with E-state index in [1.165, 1.54) is 38.2 Å². The lowest BCUT2D eigenvalue weighted by atomic mass is 9.95. The first kappa shape index (κ1) is 23.9. The zero-order chi connectivity index (χ0) is 28.3. The molecule has 7 aromatic carbocycles. The molecule has 3 heteroatoms. The van der Waals surface area contributed by atoms with Crippen LogP contribution in [0, 0.1) is 0 Å². The van der Waals surface area contributed by atoms with Crippen LogP contribution in [0.2, 0.25) is 0 Å². The molecule has 0 unspecified atom stereocenters. The van der Waals surface area contributed by atoms with Gasteiger partial charge in [-0.25, -0.2) is 0 Å². The summed E-state index contributed by atoms with van der Waals surface area (Å²) >= 11 is 0. The predicted molar refractivity (Wildman–Crippen MR) is 178 cm³/mol. The lowest BCUT2D eigenvalue weighted by Crippen LogP contribution is -2.10. The van der Waals surface area contributed by atoms with E-state index in [9.17, 15) is 0 Å². The molecule has 43 heavy (non-hydrogen) atoms. The fourth-order valence-corrected chi connectivity index (χ4v) is 6.69. The van der Waals surface area contributed by atoms with Crippen LogP contribution in [0.1, 0.15) is 0 Å². The van der Waals surface area contributed by atoms with Crippen LogP contribution < -0.4 is 9.64 Å². The Morgan fingerprint density at radius 3 is 1.91 bits per heavy atom. The lowest BCUT2D eigenvalue weighted by molar-refractivity contribution is 0.476. The van der Waals surface area contributed by atoms with Gasteiger partial charge >= 0.3 is 0 Å². The summed E-state index contributed by atoms with van der Waals surface area (Å²) in [4.78, 5) is 2.34. The Hall–Kier alpha value is -5.80. The van der Waals surface area contributed by atoms with E-state index in [1.54, 1.807) is 0 Å². The van der Waals surface area contributed by atoms with Crippen molar-refractivity contribution in [3.8, 4) is 28.3 Å². The molecule has 1 aliphatic rings. The Bertz CT molecular complexity index is 2280. The van der Waals surface area contributed by atoms with Gasteiger partial charge in [0.1, 0.15) is 0 Å². The van der Waals surface area contributed by atoms with Gasteiger partial charge in [0.2, 0.25) is 0 Å². The monoisotopic (exact) mass is 550 g/mol. The van der Waals surface area contributed by atoms with Crippen LogP contribution in [0.5, 0.6) is 11.5 Å². The highest BCUT2D eigenvalue weighted by Crippen LogP contribution is 2.47. The van der Waals surface area contributed by atoms with Gasteiger partial charge in [0.05, 0.1) is 22.4 Å². The zero-order valence-corrected chi connectivity index (χ0v) is 23.3. The van der Waals surface area contributed by atoms with Gasteiger partial charge in [-0.2, -0.15) is 0 Å². The van der Waals surface area contributed by atoms with Gasteiger partial charge in [0.25, 0.3) is 0 Å². The van der Waals surface area contributed by atoms with Crippen molar-refractivity contribution < 1.29 is 4.74 Å². The maximum atomic E-state index is 6.33. The van der Waals surface area contributed by atoms with Crippen molar-refractivity contribution in [1.29, 1.82) is 0 Å². The van der Waals surface area contributed by atoms with Crippen molar-refractivity contribution in [1.82, 2.24) is 4.57 Å². The van der Waals surface area contributed by atoms with Gasteiger partial charge in [0.15, 0.2) is 11.5 Å². The molecule has 8 aromatic rings. The third-order valence-electron chi connectivity index (χ3n) is 8.56. The van der Waals surface area contributed by atoms with Crippen LogP contribution >= 0.6 is 0 Å². The highest BCUT2D eigenvalue weighted by atomic mass is 16.5. The van der Waals surface area contributed by atoms with Crippen molar-refractivity contribution >= 4 is 49.6 Å². The minimum atomic E-state index is 0.877. The van der Waals surface area contributed by atoms with Gasteiger partial charge in [-0.15, -0.1) is 0 Å². The number of fused-ring (bicyclic) bond motifs is 6. The molecule has 2 heterocycles. The molecule has 0 saturated carbocycles. The van der Waals surface area contributed by atoms with Crippen molar-refractivity contribution in [2.24, 2.45) is 0 Å². The second kappa shape index (κ2) is 9.37. The molecule has 0 amide bonds. The smallest absolute Gasteiger partial charge is 0.152 e. The minimum absolute atomic E-state index is 0.877. The Balaban J connectivity index is 1.28. The number of para-hydroxylation sites is 5. The maximum Gasteiger partial charge on any atom is 0.152 e. The van der Waals surface area contributed by atoms with Crippen molar-refractivity contribution in [2.75, 3.05) is 4.90 Å². The zero-order valence-electron chi connectivity index (χ0n) is 23.3. The topological polar surface area (TPSA) is 17.4 Å². The number of hydrogen-bond donors (Lipinski definition) is 0. The summed E-state index contributed by atoms with van der Waals surface area (Å²) < 4.78 is 8.70. The molecule has 0 radical (unpaired) electrons. The second-order valence-electron chi connectivity index (χ2n) is 11.0. The highest BCUT2D eigenvalue weighted by Gasteiger charge is 2.24. The molecular weight excluding hydrogens is 524 g/mol. The van der Waals surface area contributed by atoms with Gasteiger partial charge in [-0.05, 0) is 71.1 Å². The maximum absolute atomic E-state index is 6.33. The van der Waals surface area contributed by atoms with Gasteiger partial charge < -0.3 is 14.2 Å². The molecule has 0 N–H and O–H groups in total. The number of benzene rings is 7. The molecule has 202 valence electrons. The van der Waals surface area contributed by atoms with E-state index < -0.39 is 0 Å². The molecule has 0 fully saturated rings. The fourth-order valence-electron chi connectivity index (χ4n) is 6.69. The quantitative estimate of drug-likeness (QED) is 0.217. The number of nitrogens with zero attached hydrogens (tertiary/aromatic N) is 2. The van der Waals surface area contributed by atoms with Crippen LogP contribution in [-0.4, -0.2) is 4.57 Å². The molecule has 0 bridgehead atoms. The van der Waals surface area contributed by atoms with Gasteiger partial charge in [-0.3, -0.25) is 0 Å². The lowest BCUT2D eigenvalue weighted by Gasteiger charge is -2.27. The first-order valence-electron chi connectivity index (χ1n) is 14.6. The Kier molecular flexibility index (Phi) is 5.20. The van der Waals surface area contributed by atoms with E-state index in [4.69, 9.17) is 4.74 Å². The van der Waals surface area contributed by atoms with Crippen molar-refractivity contribution in [3.63, 3.8) is 0 Å². The summed E-state index contributed by atoms with van der Waals surface area (Å²) in [5, 5.41) is 4.85.